The Bertz CT molecular complexity index is 913. The summed E-state index contributed by atoms with van der Waals surface area (Å²) in [6.07, 6.45) is 1.09. The molecule has 3 rings (SSSR count). The van der Waals surface area contributed by atoms with Gasteiger partial charge in [-0.2, -0.15) is 0 Å². The van der Waals surface area contributed by atoms with Gasteiger partial charge in [0.05, 0.1) is 18.1 Å². The molecule has 0 N–H and O–H groups in total. The number of likely N-dealkylation sites (tertiary alicyclic amines) is 1. The topological polar surface area (TPSA) is 112 Å². The highest BCUT2D eigenvalue weighted by molar-refractivity contribution is 5.94. The first-order valence-electron chi connectivity index (χ1n) is 8.09. The number of fused-ring (bicyclic) bond motifs is 1. The first-order chi connectivity index (χ1) is 12.4. The number of nitrogens with zero attached hydrogens (tertiary/aromatic N) is 2. The number of benzene rings is 1. The molecule has 1 fully saturated rings. The van der Waals surface area contributed by atoms with Crippen LogP contribution in [0.1, 0.15) is 23.2 Å². The predicted molar refractivity (Wildman–Crippen MR) is 91.6 cm³/mol. The monoisotopic (exact) mass is 362 g/mol. The molecule has 2 aromatic rings. The lowest BCUT2D eigenvalue weighted by Crippen LogP contribution is -2.35. The number of nitro groups is 1. The van der Waals surface area contributed by atoms with Crippen molar-refractivity contribution in [3.8, 4) is 5.75 Å². The second-order valence-corrected chi connectivity index (χ2v) is 6.18. The molecule has 138 valence electrons. The van der Waals surface area contributed by atoms with Crippen LogP contribution < -0.4 is 10.4 Å². The fourth-order valence-corrected chi connectivity index (χ4v) is 2.90. The Morgan fingerprint density at radius 1 is 1.31 bits per heavy atom. The lowest BCUT2D eigenvalue weighted by atomic mass is 10.1. The van der Waals surface area contributed by atoms with Crippen molar-refractivity contribution in [1.82, 2.24) is 4.90 Å². The molecule has 9 heteroatoms. The van der Waals surface area contributed by atoms with Crippen LogP contribution in [0.4, 0.5) is 5.69 Å². The molecule has 1 saturated heterocycles. The maximum atomic E-state index is 12.4. The maximum Gasteiger partial charge on any atom is 0.351 e. The van der Waals surface area contributed by atoms with Gasteiger partial charge in [-0.1, -0.05) is 0 Å². The summed E-state index contributed by atoms with van der Waals surface area (Å²) in [4.78, 5) is 37.1. The van der Waals surface area contributed by atoms with Gasteiger partial charge in [0.2, 0.25) is 0 Å². The highest BCUT2D eigenvalue weighted by Crippen LogP contribution is 2.30. The molecule has 0 bridgehead atoms. The zero-order valence-corrected chi connectivity index (χ0v) is 14.4. The van der Waals surface area contributed by atoms with E-state index >= 15 is 0 Å². The van der Waals surface area contributed by atoms with E-state index in [1.165, 1.54) is 19.2 Å². The molecule has 0 spiro atoms. The summed E-state index contributed by atoms with van der Waals surface area (Å²) in [5, 5.41) is 11.3. The van der Waals surface area contributed by atoms with Gasteiger partial charge in [0.25, 0.3) is 5.69 Å². The number of carbonyl (C=O) groups excluding carboxylic acids is 1. The molecule has 0 amide bonds. The Balaban J connectivity index is 1.95. The van der Waals surface area contributed by atoms with Gasteiger partial charge >= 0.3 is 11.6 Å². The van der Waals surface area contributed by atoms with Crippen LogP contribution >= 0.6 is 0 Å². The molecule has 1 aromatic heterocycles. The van der Waals surface area contributed by atoms with Crippen LogP contribution in [0.3, 0.4) is 0 Å². The minimum atomic E-state index is -0.873. The number of nitro benzene ring substituents is 1. The second kappa shape index (κ2) is 7.12. The van der Waals surface area contributed by atoms with Gasteiger partial charge in [0.15, 0.2) is 11.3 Å². The second-order valence-electron chi connectivity index (χ2n) is 6.18. The van der Waals surface area contributed by atoms with Gasteiger partial charge in [0.1, 0.15) is 11.7 Å². The van der Waals surface area contributed by atoms with Crippen LogP contribution in [-0.4, -0.2) is 49.1 Å². The Morgan fingerprint density at radius 2 is 2.00 bits per heavy atom. The van der Waals surface area contributed by atoms with Gasteiger partial charge in [-0.25, -0.2) is 9.59 Å². The zero-order chi connectivity index (χ0) is 18.8. The van der Waals surface area contributed by atoms with Crippen LogP contribution in [0.25, 0.3) is 11.0 Å². The van der Waals surface area contributed by atoms with Gasteiger partial charge in [-0.05, 0) is 26.0 Å². The molecule has 9 nitrogen and oxygen atoms in total. The number of methoxy groups -OCH3 is 1. The highest BCUT2D eigenvalue weighted by atomic mass is 16.6. The minimum Gasteiger partial charge on any atom is -0.493 e. The van der Waals surface area contributed by atoms with Gasteiger partial charge in [0, 0.05) is 24.5 Å². The molecule has 0 saturated carbocycles. The normalized spacial score (nSPS) is 15.8. The number of ether oxygens (including phenoxy) is 2. The molecule has 1 aliphatic heterocycles. The van der Waals surface area contributed by atoms with Crippen molar-refractivity contribution in [2.24, 2.45) is 0 Å². The average Bonchev–Trinajstić information content (AvgIpc) is 2.62. The van der Waals surface area contributed by atoms with Gasteiger partial charge < -0.3 is 18.8 Å². The van der Waals surface area contributed by atoms with E-state index in [0.29, 0.717) is 12.8 Å². The van der Waals surface area contributed by atoms with Gasteiger partial charge in [-0.15, -0.1) is 0 Å². The van der Waals surface area contributed by atoms with Crippen molar-refractivity contribution >= 4 is 22.6 Å². The molecule has 1 aromatic carbocycles. The van der Waals surface area contributed by atoms with Crippen molar-refractivity contribution < 1.29 is 23.6 Å². The van der Waals surface area contributed by atoms with Crippen LogP contribution in [0.5, 0.6) is 5.75 Å². The third-order valence-corrected chi connectivity index (χ3v) is 4.37. The van der Waals surface area contributed by atoms with E-state index in [1.54, 1.807) is 0 Å². The van der Waals surface area contributed by atoms with E-state index in [4.69, 9.17) is 13.9 Å². The summed E-state index contributed by atoms with van der Waals surface area (Å²) in [5.41, 5.74) is -1.36. The summed E-state index contributed by atoms with van der Waals surface area (Å²) >= 11 is 0. The zero-order valence-electron chi connectivity index (χ0n) is 14.4. The van der Waals surface area contributed by atoms with Crippen LogP contribution in [0, 0.1) is 10.1 Å². The summed E-state index contributed by atoms with van der Waals surface area (Å²) < 4.78 is 15.6. The van der Waals surface area contributed by atoms with E-state index in [1.807, 2.05) is 7.05 Å². The molecule has 1 aliphatic rings. The van der Waals surface area contributed by atoms with Crippen molar-refractivity contribution in [2.45, 2.75) is 18.9 Å². The number of rotatable bonds is 4. The smallest absolute Gasteiger partial charge is 0.351 e. The molecule has 0 radical (unpaired) electrons. The third-order valence-electron chi connectivity index (χ3n) is 4.37. The fourth-order valence-electron chi connectivity index (χ4n) is 2.90. The van der Waals surface area contributed by atoms with E-state index in [9.17, 15) is 19.7 Å². The SMILES string of the molecule is COc1cc([N+](=O)[O-])cc2cc(C(=O)OC3CCN(C)CC3)c(=O)oc12. The average molecular weight is 362 g/mol. The standard InChI is InChI=1S/C17H18N2O7/c1-18-5-3-12(4-6-18)25-16(20)13-8-10-7-11(19(22)23)9-14(24-2)15(10)26-17(13)21/h7-9,12H,3-6H2,1-2H3. The van der Waals surface area contributed by atoms with Crippen molar-refractivity contribution in [3.63, 3.8) is 0 Å². The van der Waals surface area contributed by atoms with Crippen LogP contribution in [0.15, 0.2) is 27.4 Å². The van der Waals surface area contributed by atoms with Gasteiger partial charge in [-0.3, -0.25) is 10.1 Å². The minimum absolute atomic E-state index is 0.0407. The molecule has 26 heavy (non-hydrogen) atoms. The van der Waals surface area contributed by atoms with E-state index in [0.717, 1.165) is 19.2 Å². The molecular formula is C17H18N2O7. The lowest BCUT2D eigenvalue weighted by Gasteiger charge is -2.28. The maximum absolute atomic E-state index is 12.4. The Morgan fingerprint density at radius 3 is 2.62 bits per heavy atom. The number of carbonyl (C=O) groups is 1. The summed E-state index contributed by atoms with van der Waals surface area (Å²) in [5.74, 6) is -0.748. The first kappa shape index (κ1) is 17.9. The van der Waals surface area contributed by atoms with E-state index in [-0.39, 0.29) is 34.1 Å². The summed E-state index contributed by atoms with van der Waals surface area (Å²) in [7, 11) is 3.29. The number of hydrogen-bond acceptors (Lipinski definition) is 8. The molecular weight excluding hydrogens is 344 g/mol. The fraction of sp³-hybridized carbons (Fsp3) is 0.412. The molecule has 0 atom stereocenters. The van der Waals surface area contributed by atoms with Crippen LogP contribution in [0.2, 0.25) is 0 Å². The molecule has 0 aliphatic carbocycles. The van der Waals surface area contributed by atoms with Crippen molar-refractivity contribution in [1.29, 1.82) is 0 Å². The van der Waals surface area contributed by atoms with Crippen molar-refractivity contribution in [2.75, 3.05) is 27.2 Å². The Labute approximate surface area is 148 Å². The third kappa shape index (κ3) is 3.52. The quantitative estimate of drug-likeness (QED) is 0.351. The summed E-state index contributed by atoms with van der Waals surface area (Å²) in [6, 6.07) is 3.61. The number of non-ortho nitro benzene ring substituents is 1. The highest BCUT2D eigenvalue weighted by Gasteiger charge is 2.24. The number of piperidine rings is 1. The Kier molecular flexibility index (Phi) is 4.90. The largest absolute Gasteiger partial charge is 0.493 e. The van der Waals surface area contributed by atoms with E-state index < -0.39 is 16.5 Å². The number of esters is 1. The molecule has 0 unspecified atom stereocenters. The number of hydrogen-bond donors (Lipinski definition) is 0. The van der Waals surface area contributed by atoms with E-state index in [2.05, 4.69) is 4.90 Å². The first-order valence-corrected chi connectivity index (χ1v) is 8.09. The predicted octanol–water partition coefficient (Wildman–Crippen LogP) is 1.96. The molecule has 2 heterocycles. The van der Waals surface area contributed by atoms with Crippen molar-refractivity contribution in [3.05, 3.63) is 44.3 Å². The lowest BCUT2D eigenvalue weighted by molar-refractivity contribution is -0.384. The Hall–Kier alpha value is -2.94. The van der Waals surface area contributed by atoms with Crippen LogP contribution in [-0.2, 0) is 4.74 Å². The summed E-state index contributed by atoms with van der Waals surface area (Å²) in [6.45, 7) is 1.60.